The van der Waals surface area contributed by atoms with Gasteiger partial charge in [-0.15, -0.1) is 0 Å². The van der Waals surface area contributed by atoms with Crippen molar-refractivity contribution in [3.05, 3.63) is 59.9 Å². The molecule has 20 heavy (non-hydrogen) atoms. The molecule has 1 atom stereocenters. The van der Waals surface area contributed by atoms with Gasteiger partial charge in [0.25, 0.3) is 5.91 Å². The number of carbonyl (C=O) groups is 1. The van der Waals surface area contributed by atoms with Gasteiger partial charge in [-0.05, 0) is 25.5 Å². The van der Waals surface area contributed by atoms with Gasteiger partial charge in [0.2, 0.25) is 0 Å². The summed E-state index contributed by atoms with van der Waals surface area (Å²) in [5.74, 6) is -0.0975. The monoisotopic (exact) mass is 269 g/mol. The Kier molecular flexibility index (Phi) is 4.71. The van der Waals surface area contributed by atoms with E-state index in [9.17, 15) is 4.79 Å². The molecule has 0 aliphatic carbocycles. The van der Waals surface area contributed by atoms with Crippen molar-refractivity contribution in [2.24, 2.45) is 0 Å². The molecule has 0 spiro atoms. The first-order valence-corrected chi connectivity index (χ1v) is 6.76. The lowest BCUT2D eigenvalue weighted by Gasteiger charge is -2.16. The van der Waals surface area contributed by atoms with E-state index in [-0.39, 0.29) is 11.9 Å². The number of nitrogens with zero attached hydrogens (tertiary/aromatic N) is 1. The van der Waals surface area contributed by atoms with Gasteiger partial charge in [-0.2, -0.15) is 0 Å². The van der Waals surface area contributed by atoms with Crippen molar-refractivity contribution in [2.45, 2.75) is 19.9 Å². The predicted octanol–water partition coefficient (Wildman–Crippen LogP) is 3.00. The van der Waals surface area contributed by atoms with Crippen LogP contribution in [0.4, 0.5) is 5.69 Å². The molecule has 2 N–H and O–H groups in total. The summed E-state index contributed by atoms with van der Waals surface area (Å²) in [4.78, 5) is 16.4. The maximum Gasteiger partial charge on any atom is 0.253 e. The summed E-state index contributed by atoms with van der Waals surface area (Å²) in [7, 11) is 0. The van der Waals surface area contributed by atoms with E-state index in [2.05, 4.69) is 15.6 Å². The van der Waals surface area contributed by atoms with Crippen molar-refractivity contribution in [3.8, 4) is 0 Å². The van der Waals surface area contributed by atoms with Crippen molar-refractivity contribution in [1.82, 2.24) is 10.3 Å². The Hall–Kier alpha value is -2.36. The molecular weight excluding hydrogens is 250 g/mol. The summed E-state index contributed by atoms with van der Waals surface area (Å²) < 4.78 is 0. The van der Waals surface area contributed by atoms with Crippen LogP contribution in [0.25, 0.3) is 0 Å². The highest BCUT2D eigenvalue weighted by atomic mass is 16.1. The molecule has 0 radical (unpaired) electrons. The molecule has 0 saturated heterocycles. The molecule has 2 aromatic rings. The first-order chi connectivity index (χ1) is 9.72. The minimum absolute atomic E-state index is 0.0358. The number of benzene rings is 1. The van der Waals surface area contributed by atoms with Gasteiger partial charge in [-0.3, -0.25) is 9.78 Å². The minimum Gasteiger partial charge on any atom is -0.383 e. The zero-order valence-electron chi connectivity index (χ0n) is 11.8. The quantitative estimate of drug-likeness (QED) is 0.877. The van der Waals surface area contributed by atoms with Gasteiger partial charge in [-0.1, -0.05) is 30.3 Å². The van der Waals surface area contributed by atoms with Crippen LogP contribution >= 0.6 is 0 Å². The molecule has 1 amide bonds. The molecular formula is C16H19N3O. The van der Waals surface area contributed by atoms with Crippen LogP contribution in [0.3, 0.4) is 0 Å². The Labute approximate surface area is 119 Å². The second-order valence-electron chi connectivity index (χ2n) is 4.56. The molecule has 4 heteroatoms. The molecule has 0 bridgehead atoms. The number of rotatable bonds is 5. The van der Waals surface area contributed by atoms with E-state index in [4.69, 9.17) is 0 Å². The van der Waals surface area contributed by atoms with Crippen molar-refractivity contribution in [3.63, 3.8) is 0 Å². The van der Waals surface area contributed by atoms with Gasteiger partial charge in [-0.25, -0.2) is 0 Å². The van der Waals surface area contributed by atoms with Gasteiger partial charge < -0.3 is 10.6 Å². The second-order valence-corrected chi connectivity index (χ2v) is 4.56. The van der Waals surface area contributed by atoms with E-state index in [1.807, 2.05) is 44.2 Å². The first-order valence-electron chi connectivity index (χ1n) is 6.76. The Bertz CT molecular complexity index is 569. The molecule has 1 unspecified atom stereocenters. The second kappa shape index (κ2) is 6.70. The third kappa shape index (κ3) is 3.35. The van der Waals surface area contributed by atoms with Crippen LogP contribution in [0.2, 0.25) is 0 Å². The van der Waals surface area contributed by atoms with E-state index in [0.717, 1.165) is 17.8 Å². The fourth-order valence-electron chi connectivity index (χ4n) is 2.02. The Balaban J connectivity index is 2.12. The number of hydrogen-bond acceptors (Lipinski definition) is 3. The van der Waals surface area contributed by atoms with Crippen LogP contribution in [0.15, 0.2) is 48.8 Å². The zero-order valence-corrected chi connectivity index (χ0v) is 11.8. The van der Waals surface area contributed by atoms with E-state index in [0.29, 0.717) is 5.56 Å². The van der Waals surface area contributed by atoms with Gasteiger partial charge in [0.1, 0.15) is 0 Å². The SMILES string of the molecule is CCNc1cnccc1C(=O)NC(C)c1ccccc1. The largest absolute Gasteiger partial charge is 0.383 e. The molecule has 1 heterocycles. The molecule has 0 aliphatic heterocycles. The highest BCUT2D eigenvalue weighted by Gasteiger charge is 2.14. The van der Waals surface area contributed by atoms with Crippen molar-refractivity contribution >= 4 is 11.6 Å². The fraction of sp³-hybridized carbons (Fsp3) is 0.250. The molecule has 4 nitrogen and oxygen atoms in total. The van der Waals surface area contributed by atoms with Crippen LogP contribution < -0.4 is 10.6 Å². The first kappa shape index (κ1) is 14.1. The summed E-state index contributed by atoms with van der Waals surface area (Å²) in [6.07, 6.45) is 3.30. The summed E-state index contributed by atoms with van der Waals surface area (Å²) in [5, 5.41) is 6.15. The molecule has 1 aromatic carbocycles. The van der Waals surface area contributed by atoms with Crippen molar-refractivity contribution in [1.29, 1.82) is 0 Å². The number of nitrogens with one attached hydrogen (secondary N) is 2. The normalized spacial score (nSPS) is 11.7. The number of pyridine rings is 1. The summed E-state index contributed by atoms with van der Waals surface area (Å²) in [6, 6.07) is 11.6. The minimum atomic E-state index is -0.0975. The molecule has 104 valence electrons. The summed E-state index contributed by atoms with van der Waals surface area (Å²) in [6.45, 7) is 4.71. The fourth-order valence-corrected chi connectivity index (χ4v) is 2.02. The van der Waals surface area contributed by atoms with Gasteiger partial charge in [0.15, 0.2) is 0 Å². The zero-order chi connectivity index (χ0) is 14.4. The molecule has 0 fully saturated rings. The summed E-state index contributed by atoms with van der Waals surface area (Å²) in [5.41, 5.74) is 2.46. The standard InChI is InChI=1S/C16H19N3O/c1-3-18-15-11-17-10-9-14(15)16(20)19-12(2)13-7-5-4-6-8-13/h4-12,18H,3H2,1-2H3,(H,19,20). The number of hydrogen-bond donors (Lipinski definition) is 2. The highest BCUT2D eigenvalue weighted by Crippen LogP contribution is 2.16. The van der Waals surface area contributed by atoms with Crippen molar-refractivity contribution < 1.29 is 4.79 Å². The van der Waals surface area contributed by atoms with E-state index < -0.39 is 0 Å². The number of anilines is 1. The Morgan fingerprint density at radius 2 is 2.00 bits per heavy atom. The number of amides is 1. The van der Waals surface area contributed by atoms with E-state index in [1.54, 1.807) is 18.5 Å². The van der Waals surface area contributed by atoms with Crippen molar-refractivity contribution in [2.75, 3.05) is 11.9 Å². The Morgan fingerprint density at radius 3 is 2.70 bits per heavy atom. The van der Waals surface area contributed by atoms with Crippen LogP contribution in [0, 0.1) is 0 Å². The smallest absolute Gasteiger partial charge is 0.253 e. The molecule has 2 rings (SSSR count). The van der Waals surface area contributed by atoms with Crippen LogP contribution in [0.1, 0.15) is 35.8 Å². The molecule has 0 saturated carbocycles. The molecule has 1 aromatic heterocycles. The average molecular weight is 269 g/mol. The lowest BCUT2D eigenvalue weighted by Crippen LogP contribution is -2.27. The lowest BCUT2D eigenvalue weighted by atomic mass is 10.1. The molecule has 0 aliphatic rings. The topological polar surface area (TPSA) is 54.0 Å². The maximum atomic E-state index is 12.3. The Morgan fingerprint density at radius 1 is 1.25 bits per heavy atom. The van der Waals surface area contributed by atoms with Gasteiger partial charge in [0.05, 0.1) is 23.5 Å². The average Bonchev–Trinajstić information content (AvgIpc) is 2.49. The van der Waals surface area contributed by atoms with E-state index >= 15 is 0 Å². The van der Waals surface area contributed by atoms with E-state index in [1.165, 1.54) is 0 Å². The van der Waals surface area contributed by atoms with Crippen LogP contribution in [-0.4, -0.2) is 17.4 Å². The number of aromatic nitrogens is 1. The van der Waals surface area contributed by atoms with Crippen LogP contribution in [0.5, 0.6) is 0 Å². The third-order valence-electron chi connectivity index (χ3n) is 3.08. The number of carbonyl (C=O) groups excluding carboxylic acids is 1. The maximum absolute atomic E-state index is 12.3. The van der Waals surface area contributed by atoms with Gasteiger partial charge in [0, 0.05) is 12.7 Å². The third-order valence-corrected chi connectivity index (χ3v) is 3.08. The van der Waals surface area contributed by atoms with Gasteiger partial charge >= 0.3 is 0 Å². The lowest BCUT2D eigenvalue weighted by molar-refractivity contribution is 0.0940. The highest BCUT2D eigenvalue weighted by molar-refractivity contribution is 5.99. The predicted molar refractivity (Wildman–Crippen MR) is 80.7 cm³/mol. The summed E-state index contributed by atoms with van der Waals surface area (Å²) >= 11 is 0. The van der Waals surface area contributed by atoms with Crippen LogP contribution in [-0.2, 0) is 0 Å².